The molecule has 0 aromatic heterocycles. The van der Waals surface area contributed by atoms with E-state index in [1.807, 2.05) is 0 Å². The molecule has 1 unspecified atom stereocenters. The molecule has 1 rings (SSSR count). The van der Waals surface area contributed by atoms with Gasteiger partial charge in [-0.05, 0) is 37.5 Å². The summed E-state index contributed by atoms with van der Waals surface area (Å²) in [6, 6.07) is -0.529. The van der Waals surface area contributed by atoms with E-state index in [1.165, 1.54) is 0 Å². The van der Waals surface area contributed by atoms with E-state index in [1.54, 1.807) is 0 Å². The van der Waals surface area contributed by atoms with Crippen molar-refractivity contribution in [2.45, 2.75) is 77.4 Å². The summed E-state index contributed by atoms with van der Waals surface area (Å²) in [5.74, 6) is -0.812. The number of carboxylic acids is 1. The van der Waals surface area contributed by atoms with Crippen LogP contribution in [0.5, 0.6) is 0 Å². The van der Waals surface area contributed by atoms with Gasteiger partial charge in [0.1, 0.15) is 6.04 Å². The van der Waals surface area contributed by atoms with E-state index >= 15 is 0 Å². The number of hydrogen-bond acceptors (Lipinski definition) is 3. The fourth-order valence-corrected chi connectivity index (χ4v) is 2.60. The predicted octanol–water partition coefficient (Wildman–Crippen LogP) is 2.55. The Labute approximate surface area is 116 Å². The minimum absolute atomic E-state index is 0.306. The van der Waals surface area contributed by atoms with Gasteiger partial charge in [-0.25, -0.2) is 0 Å². The van der Waals surface area contributed by atoms with Crippen LogP contribution in [0.15, 0.2) is 0 Å². The maximum atomic E-state index is 11.1. The van der Waals surface area contributed by atoms with Crippen molar-refractivity contribution in [2.24, 2.45) is 5.41 Å². The summed E-state index contributed by atoms with van der Waals surface area (Å²) < 4.78 is 0. The molecule has 0 bridgehead atoms. The fourth-order valence-electron chi connectivity index (χ4n) is 2.60. The van der Waals surface area contributed by atoms with Crippen molar-refractivity contribution >= 4 is 5.97 Å². The first-order valence-electron chi connectivity index (χ1n) is 7.47. The van der Waals surface area contributed by atoms with E-state index in [0.717, 1.165) is 38.5 Å². The van der Waals surface area contributed by atoms with Crippen LogP contribution in [0.3, 0.4) is 0 Å². The average molecular weight is 271 g/mol. The molecular weight excluding hydrogens is 242 g/mol. The second-order valence-electron chi connectivity index (χ2n) is 6.80. The van der Waals surface area contributed by atoms with E-state index in [0.29, 0.717) is 18.4 Å². The van der Waals surface area contributed by atoms with Crippen LogP contribution in [0.4, 0.5) is 0 Å². The van der Waals surface area contributed by atoms with Gasteiger partial charge in [-0.1, -0.05) is 33.6 Å². The Kier molecular flexibility index (Phi) is 5.81. The van der Waals surface area contributed by atoms with Gasteiger partial charge in [-0.15, -0.1) is 0 Å². The standard InChI is InChI=1S/C15H29NO3/c1-4-5-6-12(13(17)18)16-11-15(19)9-7-14(2,3)8-10-15/h12,16,19H,4-11H2,1-3H3,(H,17,18). The average Bonchev–Trinajstić information content (AvgIpc) is 2.33. The summed E-state index contributed by atoms with van der Waals surface area (Å²) in [7, 11) is 0. The van der Waals surface area contributed by atoms with Gasteiger partial charge in [-0.2, -0.15) is 0 Å². The van der Waals surface area contributed by atoms with E-state index in [4.69, 9.17) is 5.11 Å². The Bertz CT molecular complexity index is 292. The SMILES string of the molecule is CCCCC(NCC1(O)CCC(C)(C)CC1)C(=O)O. The molecule has 1 aliphatic carbocycles. The van der Waals surface area contributed by atoms with Crippen LogP contribution in [0.25, 0.3) is 0 Å². The number of carboxylic acid groups (broad SMARTS) is 1. The largest absolute Gasteiger partial charge is 0.480 e. The molecule has 1 saturated carbocycles. The maximum Gasteiger partial charge on any atom is 0.320 e. The van der Waals surface area contributed by atoms with Crippen LogP contribution in [-0.2, 0) is 4.79 Å². The van der Waals surface area contributed by atoms with Gasteiger partial charge in [0.15, 0.2) is 0 Å². The molecule has 0 radical (unpaired) electrons. The number of rotatable bonds is 7. The molecule has 0 saturated heterocycles. The number of aliphatic hydroxyl groups is 1. The van der Waals surface area contributed by atoms with Crippen molar-refractivity contribution < 1.29 is 15.0 Å². The topological polar surface area (TPSA) is 69.6 Å². The van der Waals surface area contributed by atoms with Crippen LogP contribution < -0.4 is 5.32 Å². The highest BCUT2D eigenvalue weighted by molar-refractivity contribution is 5.73. The highest BCUT2D eigenvalue weighted by atomic mass is 16.4. The third-order valence-electron chi connectivity index (χ3n) is 4.36. The summed E-state index contributed by atoms with van der Waals surface area (Å²) in [5, 5.41) is 22.7. The van der Waals surface area contributed by atoms with E-state index in [2.05, 4.69) is 26.1 Å². The molecule has 3 N–H and O–H groups in total. The second kappa shape index (κ2) is 6.71. The predicted molar refractivity (Wildman–Crippen MR) is 76.2 cm³/mol. The van der Waals surface area contributed by atoms with Crippen molar-refractivity contribution in [3.8, 4) is 0 Å². The smallest absolute Gasteiger partial charge is 0.320 e. The first kappa shape index (κ1) is 16.4. The first-order valence-corrected chi connectivity index (χ1v) is 7.47. The minimum atomic E-state index is -0.812. The number of hydrogen-bond donors (Lipinski definition) is 3. The van der Waals surface area contributed by atoms with Crippen LogP contribution >= 0.6 is 0 Å². The monoisotopic (exact) mass is 271 g/mol. The van der Waals surface area contributed by atoms with Gasteiger partial charge >= 0.3 is 5.97 Å². The molecule has 0 heterocycles. The maximum absolute atomic E-state index is 11.1. The lowest BCUT2D eigenvalue weighted by Crippen LogP contribution is -2.49. The highest BCUT2D eigenvalue weighted by Gasteiger charge is 2.37. The van der Waals surface area contributed by atoms with Crippen molar-refractivity contribution in [3.05, 3.63) is 0 Å². The Morgan fingerprint density at radius 1 is 1.26 bits per heavy atom. The summed E-state index contributed by atoms with van der Waals surface area (Å²) in [4.78, 5) is 11.1. The molecule has 1 atom stereocenters. The van der Waals surface area contributed by atoms with Crippen molar-refractivity contribution in [3.63, 3.8) is 0 Å². The molecule has 0 aromatic carbocycles. The molecular formula is C15H29NO3. The lowest BCUT2D eigenvalue weighted by atomic mass is 9.71. The number of aliphatic carboxylic acids is 1. The van der Waals surface area contributed by atoms with Gasteiger partial charge in [0.05, 0.1) is 5.60 Å². The Balaban J connectivity index is 2.43. The zero-order valence-electron chi connectivity index (χ0n) is 12.5. The molecule has 0 aromatic rings. The normalized spacial score (nSPS) is 22.9. The van der Waals surface area contributed by atoms with Crippen LogP contribution in [0.2, 0.25) is 0 Å². The van der Waals surface area contributed by atoms with Gasteiger partial charge < -0.3 is 15.5 Å². The molecule has 1 fully saturated rings. The zero-order valence-corrected chi connectivity index (χ0v) is 12.5. The highest BCUT2D eigenvalue weighted by Crippen LogP contribution is 2.39. The second-order valence-corrected chi connectivity index (χ2v) is 6.80. The summed E-state index contributed by atoms with van der Waals surface area (Å²) in [6.45, 7) is 6.89. The summed E-state index contributed by atoms with van der Waals surface area (Å²) in [6.07, 6.45) is 6.03. The molecule has 0 spiro atoms. The lowest BCUT2D eigenvalue weighted by Gasteiger charge is -2.40. The molecule has 112 valence electrons. The third-order valence-corrected chi connectivity index (χ3v) is 4.36. The first-order chi connectivity index (χ1) is 8.78. The van der Waals surface area contributed by atoms with Gasteiger partial charge in [0, 0.05) is 6.54 Å². The van der Waals surface area contributed by atoms with Crippen molar-refractivity contribution in [2.75, 3.05) is 6.54 Å². The lowest BCUT2D eigenvalue weighted by molar-refractivity contribution is -0.140. The number of carbonyl (C=O) groups is 1. The van der Waals surface area contributed by atoms with Crippen molar-refractivity contribution in [1.29, 1.82) is 0 Å². The summed E-state index contributed by atoms with van der Waals surface area (Å²) in [5.41, 5.74) is -0.421. The minimum Gasteiger partial charge on any atom is -0.480 e. The number of nitrogens with one attached hydrogen (secondary N) is 1. The van der Waals surface area contributed by atoms with E-state index in [-0.39, 0.29) is 0 Å². The van der Waals surface area contributed by atoms with Gasteiger partial charge in [-0.3, -0.25) is 4.79 Å². The molecule has 1 aliphatic rings. The fraction of sp³-hybridized carbons (Fsp3) is 0.933. The molecule has 19 heavy (non-hydrogen) atoms. The Hall–Kier alpha value is -0.610. The molecule has 0 aliphatic heterocycles. The van der Waals surface area contributed by atoms with Crippen LogP contribution in [-0.4, -0.2) is 34.4 Å². The van der Waals surface area contributed by atoms with Crippen LogP contribution in [0.1, 0.15) is 65.7 Å². The Morgan fingerprint density at radius 3 is 2.32 bits per heavy atom. The van der Waals surface area contributed by atoms with E-state index < -0.39 is 17.6 Å². The van der Waals surface area contributed by atoms with Crippen molar-refractivity contribution in [1.82, 2.24) is 5.32 Å². The quantitative estimate of drug-likeness (QED) is 0.665. The Morgan fingerprint density at radius 2 is 1.84 bits per heavy atom. The molecule has 0 amide bonds. The third kappa shape index (κ3) is 5.49. The number of unbranched alkanes of at least 4 members (excludes halogenated alkanes) is 1. The van der Waals surface area contributed by atoms with E-state index in [9.17, 15) is 9.90 Å². The van der Waals surface area contributed by atoms with Gasteiger partial charge in [0.2, 0.25) is 0 Å². The van der Waals surface area contributed by atoms with Crippen LogP contribution in [0, 0.1) is 5.41 Å². The van der Waals surface area contributed by atoms with Gasteiger partial charge in [0.25, 0.3) is 0 Å². The molecule has 4 heteroatoms. The molecule has 4 nitrogen and oxygen atoms in total. The summed E-state index contributed by atoms with van der Waals surface area (Å²) >= 11 is 0. The zero-order chi connectivity index (χ0) is 14.5.